The van der Waals surface area contributed by atoms with Crippen LogP contribution in [0.25, 0.3) is 0 Å². The molecule has 0 saturated heterocycles. The molecule has 3 aromatic rings. The molecule has 0 spiro atoms. The number of nitrogens with one attached hydrogen (secondary N) is 1. The van der Waals surface area contributed by atoms with E-state index in [4.69, 9.17) is 14.2 Å². The predicted molar refractivity (Wildman–Crippen MR) is 116 cm³/mol. The lowest BCUT2D eigenvalue weighted by Gasteiger charge is -2.12. The highest BCUT2D eigenvalue weighted by Crippen LogP contribution is 2.29. The topological polar surface area (TPSA) is 52.1 Å². The van der Waals surface area contributed by atoms with Crippen molar-refractivity contribution in [1.29, 1.82) is 0 Å². The first-order valence-corrected chi connectivity index (χ1v) is 9.71. The Morgan fingerprint density at radius 3 is 2.50 bits per heavy atom. The molecular weight excluding hydrogens is 383 g/mol. The summed E-state index contributed by atoms with van der Waals surface area (Å²) >= 11 is 0. The minimum absolute atomic E-state index is 0.267. The van der Waals surface area contributed by atoms with Crippen LogP contribution >= 0.6 is 0 Å². The van der Waals surface area contributed by atoms with Gasteiger partial charge in [-0.25, -0.2) is 4.39 Å². The van der Waals surface area contributed by atoms with Crippen LogP contribution in [0.15, 0.2) is 71.8 Å². The molecular formula is C24H25FN2O3. The lowest BCUT2D eigenvalue weighted by molar-refractivity contribution is 0.269. The van der Waals surface area contributed by atoms with Gasteiger partial charge in [-0.3, -0.25) is 0 Å². The zero-order chi connectivity index (χ0) is 21.2. The minimum Gasteiger partial charge on any atom is -0.496 e. The molecule has 0 saturated carbocycles. The number of rotatable bonds is 10. The summed E-state index contributed by atoms with van der Waals surface area (Å²) in [5.74, 6) is 1.81. The number of hydrazone groups is 1. The van der Waals surface area contributed by atoms with Gasteiger partial charge in [-0.1, -0.05) is 30.3 Å². The summed E-state index contributed by atoms with van der Waals surface area (Å²) in [4.78, 5) is 0. The molecule has 0 aromatic heterocycles. The van der Waals surface area contributed by atoms with Gasteiger partial charge in [-0.15, -0.1) is 0 Å². The summed E-state index contributed by atoms with van der Waals surface area (Å²) in [6, 6.07) is 19.6. The Morgan fingerprint density at radius 2 is 1.73 bits per heavy atom. The van der Waals surface area contributed by atoms with E-state index in [9.17, 15) is 4.39 Å². The maximum absolute atomic E-state index is 13.0. The van der Waals surface area contributed by atoms with Crippen LogP contribution in [0.5, 0.6) is 17.2 Å². The molecule has 0 aliphatic carbocycles. The Hall–Kier alpha value is -3.54. The molecule has 0 radical (unpaired) electrons. The number of hydrogen-bond acceptors (Lipinski definition) is 5. The van der Waals surface area contributed by atoms with Crippen molar-refractivity contribution in [3.05, 3.63) is 89.2 Å². The van der Waals surface area contributed by atoms with Gasteiger partial charge in [0.15, 0.2) is 11.5 Å². The lowest BCUT2D eigenvalue weighted by atomic mass is 10.2. The molecule has 5 nitrogen and oxygen atoms in total. The average Bonchev–Trinajstić information content (AvgIpc) is 2.77. The van der Waals surface area contributed by atoms with Crippen molar-refractivity contribution in [2.75, 3.05) is 13.7 Å². The Bertz CT molecular complexity index is 974. The average molecular weight is 408 g/mol. The zero-order valence-electron chi connectivity index (χ0n) is 17.1. The van der Waals surface area contributed by atoms with Crippen molar-refractivity contribution in [2.24, 2.45) is 5.10 Å². The quantitative estimate of drug-likeness (QED) is 0.382. The standard InChI is InChI=1S/C24H25FN2O3/c1-3-29-24-14-19(15-26-27-16-20-6-4-5-7-22(20)28-2)10-13-23(24)30-17-18-8-11-21(25)12-9-18/h4-15,27H,3,16-17H2,1-2H3/b26-15-. The van der Waals surface area contributed by atoms with Gasteiger partial charge in [0.25, 0.3) is 0 Å². The monoisotopic (exact) mass is 408 g/mol. The van der Waals surface area contributed by atoms with E-state index in [1.54, 1.807) is 25.5 Å². The van der Waals surface area contributed by atoms with Crippen molar-refractivity contribution >= 4 is 6.21 Å². The normalized spacial score (nSPS) is 10.8. The number of ether oxygens (including phenoxy) is 3. The number of hydrogen-bond donors (Lipinski definition) is 1. The second kappa shape index (κ2) is 10.9. The fourth-order valence-electron chi connectivity index (χ4n) is 2.83. The molecule has 0 heterocycles. The highest BCUT2D eigenvalue weighted by Gasteiger charge is 2.07. The van der Waals surface area contributed by atoms with Gasteiger partial charge < -0.3 is 19.6 Å². The third-order valence-corrected chi connectivity index (χ3v) is 4.34. The van der Waals surface area contributed by atoms with Crippen LogP contribution in [0.4, 0.5) is 4.39 Å². The summed E-state index contributed by atoms with van der Waals surface area (Å²) in [6.07, 6.45) is 1.72. The molecule has 156 valence electrons. The van der Waals surface area contributed by atoms with Crippen LogP contribution < -0.4 is 19.6 Å². The fraction of sp³-hybridized carbons (Fsp3) is 0.208. The first kappa shape index (κ1) is 21.2. The first-order valence-electron chi connectivity index (χ1n) is 9.71. The van der Waals surface area contributed by atoms with Gasteiger partial charge in [0, 0.05) is 5.56 Å². The van der Waals surface area contributed by atoms with E-state index >= 15 is 0 Å². The van der Waals surface area contributed by atoms with Crippen LogP contribution in [0.1, 0.15) is 23.6 Å². The van der Waals surface area contributed by atoms with Crippen LogP contribution in [-0.4, -0.2) is 19.9 Å². The van der Waals surface area contributed by atoms with E-state index < -0.39 is 0 Å². The van der Waals surface area contributed by atoms with Crippen LogP contribution in [-0.2, 0) is 13.2 Å². The number of benzene rings is 3. The van der Waals surface area contributed by atoms with Crippen LogP contribution in [0, 0.1) is 5.82 Å². The fourth-order valence-corrected chi connectivity index (χ4v) is 2.83. The molecule has 3 rings (SSSR count). The summed E-state index contributed by atoms with van der Waals surface area (Å²) in [5.41, 5.74) is 5.81. The van der Waals surface area contributed by atoms with Crippen molar-refractivity contribution in [2.45, 2.75) is 20.1 Å². The van der Waals surface area contributed by atoms with E-state index in [1.807, 2.05) is 49.4 Å². The molecule has 6 heteroatoms. The van der Waals surface area contributed by atoms with E-state index in [2.05, 4.69) is 10.5 Å². The molecule has 0 aliphatic heterocycles. The predicted octanol–water partition coefficient (Wildman–Crippen LogP) is 4.94. The zero-order valence-corrected chi connectivity index (χ0v) is 17.1. The van der Waals surface area contributed by atoms with Crippen molar-refractivity contribution < 1.29 is 18.6 Å². The molecule has 0 amide bonds. The first-order chi connectivity index (χ1) is 14.7. The Labute approximate surface area is 176 Å². The lowest BCUT2D eigenvalue weighted by Crippen LogP contribution is -2.07. The summed E-state index contributed by atoms with van der Waals surface area (Å²) in [5, 5.41) is 4.28. The molecule has 0 unspecified atom stereocenters. The van der Waals surface area contributed by atoms with Gasteiger partial charge in [-0.2, -0.15) is 5.10 Å². The van der Waals surface area contributed by atoms with Crippen molar-refractivity contribution in [3.8, 4) is 17.2 Å². The highest BCUT2D eigenvalue weighted by atomic mass is 19.1. The summed E-state index contributed by atoms with van der Waals surface area (Å²) in [7, 11) is 1.65. The third-order valence-electron chi connectivity index (χ3n) is 4.34. The Balaban J connectivity index is 1.62. The maximum atomic E-state index is 13.0. The van der Waals surface area contributed by atoms with Gasteiger partial charge in [-0.05, 0) is 54.4 Å². The van der Waals surface area contributed by atoms with E-state index in [0.29, 0.717) is 31.3 Å². The van der Waals surface area contributed by atoms with E-state index in [1.165, 1.54) is 12.1 Å². The van der Waals surface area contributed by atoms with E-state index in [-0.39, 0.29) is 5.82 Å². The molecule has 0 fully saturated rings. The van der Waals surface area contributed by atoms with Gasteiger partial charge in [0.1, 0.15) is 18.2 Å². The number of para-hydroxylation sites is 1. The molecule has 0 bridgehead atoms. The van der Waals surface area contributed by atoms with Crippen LogP contribution in [0.2, 0.25) is 0 Å². The molecule has 0 aliphatic rings. The second-order valence-corrected chi connectivity index (χ2v) is 6.46. The minimum atomic E-state index is -0.267. The molecule has 1 N–H and O–H groups in total. The summed E-state index contributed by atoms with van der Waals surface area (Å²) < 4.78 is 29.9. The number of halogens is 1. The number of methoxy groups -OCH3 is 1. The summed E-state index contributed by atoms with van der Waals surface area (Å²) in [6.45, 7) is 3.31. The van der Waals surface area contributed by atoms with Gasteiger partial charge in [0.2, 0.25) is 0 Å². The molecule has 0 atom stereocenters. The van der Waals surface area contributed by atoms with Gasteiger partial charge >= 0.3 is 0 Å². The Kier molecular flexibility index (Phi) is 7.66. The van der Waals surface area contributed by atoms with Crippen LogP contribution in [0.3, 0.4) is 0 Å². The van der Waals surface area contributed by atoms with Gasteiger partial charge in [0.05, 0.1) is 26.5 Å². The Morgan fingerprint density at radius 1 is 0.933 bits per heavy atom. The smallest absolute Gasteiger partial charge is 0.161 e. The second-order valence-electron chi connectivity index (χ2n) is 6.46. The SMILES string of the molecule is CCOc1cc(/C=N\NCc2ccccc2OC)ccc1OCc1ccc(F)cc1. The van der Waals surface area contributed by atoms with Crippen molar-refractivity contribution in [3.63, 3.8) is 0 Å². The largest absolute Gasteiger partial charge is 0.496 e. The van der Waals surface area contributed by atoms with Crippen molar-refractivity contribution in [1.82, 2.24) is 5.43 Å². The molecule has 3 aromatic carbocycles. The number of nitrogens with zero attached hydrogens (tertiary/aromatic N) is 1. The maximum Gasteiger partial charge on any atom is 0.161 e. The third kappa shape index (κ3) is 5.98. The van der Waals surface area contributed by atoms with E-state index in [0.717, 1.165) is 22.4 Å². The molecule has 30 heavy (non-hydrogen) atoms. The highest BCUT2D eigenvalue weighted by molar-refractivity contribution is 5.80.